The van der Waals surface area contributed by atoms with Crippen LogP contribution in [0.4, 0.5) is 11.6 Å². The maximum absolute atomic E-state index is 12.5. The Morgan fingerprint density at radius 3 is 2.63 bits per heavy atom. The van der Waals surface area contributed by atoms with E-state index in [2.05, 4.69) is 30.2 Å². The molecule has 1 amide bonds. The second-order valence-corrected chi connectivity index (χ2v) is 7.35. The first-order valence-electron chi connectivity index (χ1n) is 8.96. The number of fused-ring (bicyclic) bond motifs is 2. The van der Waals surface area contributed by atoms with Gasteiger partial charge in [-0.2, -0.15) is 0 Å². The zero-order valence-corrected chi connectivity index (χ0v) is 15.1. The minimum atomic E-state index is -0.344. The second kappa shape index (κ2) is 5.71. The summed E-state index contributed by atoms with van der Waals surface area (Å²) in [7, 11) is 0. The third-order valence-corrected chi connectivity index (χ3v) is 5.42. The summed E-state index contributed by atoms with van der Waals surface area (Å²) in [6.07, 6.45) is 6.77. The molecule has 2 unspecified atom stereocenters. The van der Waals surface area contributed by atoms with Crippen LogP contribution in [0.25, 0.3) is 5.65 Å². The third kappa shape index (κ3) is 2.71. The highest BCUT2D eigenvalue weighted by atomic mass is 16.1. The van der Waals surface area contributed by atoms with Crippen LogP contribution >= 0.6 is 0 Å². The van der Waals surface area contributed by atoms with Crippen LogP contribution in [0.5, 0.6) is 0 Å². The number of aromatic nitrogens is 5. The summed E-state index contributed by atoms with van der Waals surface area (Å²) in [4.78, 5) is 32.1. The number of hydrogen-bond donors (Lipinski definition) is 2. The quantitative estimate of drug-likeness (QED) is 0.706. The Morgan fingerprint density at radius 1 is 1.15 bits per heavy atom. The van der Waals surface area contributed by atoms with Gasteiger partial charge < -0.3 is 20.4 Å². The number of piperidine rings is 1. The van der Waals surface area contributed by atoms with Gasteiger partial charge in [0.1, 0.15) is 17.3 Å². The van der Waals surface area contributed by atoms with Gasteiger partial charge in [0.25, 0.3) is 5.91 Å². The smallest absolute Gasteiger partial charge is 0.277 e. The molecule has 4 heterocycles. The second-order valence-electron chi connectivity index (χ2n) is 7.35. The van der Waals surface area contributed by atoms with Crippen molar-refractivity contribution in [1.29, 1.82) is 0 Å². The lowest BCUT2D eigenvalue weighted by atomic mass is 10.3. The molecular formula is C18H20N8O. The van der Waals surface area contributed by atoms with Crippen molar-refractivity contribution in [2.24, 2.45) is 17.6 Å². The van der Waals surface area contributed by atoms with E-state index in [9.17, 15) is 4.79 Å². The Bertz CT molecular complexity index is 1030. The highest BCUT2D eigenvalue weighted by molar-refractivity contribution is 6.02. The van der Waals surface area contributed by atoms with E-state index in [4.69, 9.17) is 5.73 Å². The van der Waals surface area contributed by atoms with E-state index in [0.29, 0.717) is 23.7 Å². The van der Waals surface area contributed by atoms with Crippen molar-refractivity contribution in [2.75, 3.05) is 23.3 Å². The molecule has 1 aliphatic carbocycles. The summed E-state index contributed by atoms with van der Waals surface area (Å²) in [5.74, 6) is 2.04. The summed E-state index contributed by atoms with van der Waals surface area (Å²) in [6, 6.07) is 0.340. The fraction of sp³-hybridized carbons (Fsp3) is 0.389. The average molecular weight is 364 g/mol. The van der Waals surface area contributed by atoms with Gasteiger partial charge in [-0.3, -0.25) is 4.79 Å². The normalized spacial score (nSPS) is 23.5. The number of nitrogens with one attached hydrogen (secondary N) is 1. The lowest BCUT2D eigenvalue weighted by Crippen LogP contribution is -2.29. The molecule has 0 aromatic carbocycles. The minimum absolute atomic E-state index is 0.251. The van der Waals surface area contributed by atoms with Crippen molar-refractivity contribution in [3.8, 4) is 0 Å². The van der Waals surface area contributed by atoms with E-state index in [1.165, 1.54) is 6.20 Å². The Balaban J connectivity index is 1.31. The van der Waals surface area contributed by atoms with Crippen molar-refractivity contribution in [3.05, 3.63) is 41.9 Å². The number of anilines is 2. The molecule has 0 radical (unpaired) electrons. The van der Waals surface area contributed by atoms with E-state index >= 15 is 0 Å². The van der Waals surface area contributed by atoms with Crippen LogP contribution in [0.3, 0.4) is 0 Å². The summed E-state index contributed by atoms with van der Waals surface area (Å²) >= 11 is 0. The Kier molecular flexibility index (Phi) is 3.41. The van der Waals surface area contributed by atoms with Gasteiger partial charge in [-0.05, 0) is 25.7 Å². The van der Waals surface area contributed by atoms with Gasteiger partial charge >= 0.3 is 0 Å². The van der Waals surface area contributed by atoms with Crippen molar-refractivity contribution in [3.63, 3.8) is 0 Å². The van der Waals surface area contributed by atoms with Crippen LogP contribution < -0.4 is 16.0 Å². The Hall–Kier alpha value is -3.07. The standard InChI is InChI=1S/C18H20N8O/c1-9-5-26-8-14(23-10(2)17(26)22-9)24-18(27)13-3-21-15(4-20-13)25-6-11-12(7-25)16(11)19/h3-5,8,11-12,16H,6-7,19H2,1-2H3,(H,24,27). The number of rotatable bonds is 3. The monoisotopic (exact) mass is 364 g/mol. The first kappa shape index (κ1) is 16.1. The molecule has 138 valence electrons. The van der Waals surface area contributed by atoms with Gasteiger partial charge in [-0.15, -0.1) is 0 Å². The lowest BCUT2D eigenvalue weighted by Gasteiger charge is -2.19. The number of aryl methyl sites for hydroxylation is 2. The third-order valence-electron chi connectivity index (χ3n) is 5.42. The molecular weight excluding hydrogens is 344 g/mol. The number of nitrogens with zero attached hydrogens (tertiary/aromatic N) is 6. The molecule has 2 fully saturated rings. The van der Waals surface area contributed by atoms with Crippen molar-refractivity contribution in [2.45, 2.75) is 19.9 Å². The van der Waals surface area contributed by atoms with Crippen LogP contribution in [-0.2, 0) is 0 Å². The summed E-state index contributed by atoms with van der Waals surface area (Å²) in [5.41, 5.74) is 8.63. The first-order valence-corrected chi connectivity index (χ1v) is 8.96. The lowest BCUT2D eigenvalue weighted by molar-refractivity contribution is 0.102. The molecule has 0 bridgehead atoms. The zero-order valence-electron chi connectivity index (χ0n) is 15.1. The number of imidazole rings is 1. The summed E-state index contributed by atoms with van der Waals surface area (Å²) < 4.78 is 1.85. The number of carbonyl (C=O) groups excluding carboxylic acids is 1. The van der Waals surface area contributed by atoms with Crippen LogP contribution in [0.2, 0.25) is 0 Å². The van der Waals surface area contributed by atoms with Gasteiger partial charge in [-0.25, -0.2) is 19.9 Å². The van der Waals surface area contributed by atoms with Crippen LogP contribution in [0, 0.1) is 25.7 Å². The fourth-order valence-electron chi connectivity index (χ4n) is 3.88. The number of nitrogens with two attached hydrogens (primary N) is 1. The summed E-state index contributed by atoms with van der Waals surface area (Å²) in [6.45, 7) is 5.61. The molecule has 9 heteroatoms. The molecule has 5 rings (SSSR count). The first-order chi connectivity index (χ1) is 13.0. The largest absolute Gasteiger partial charge is 0.355 e. The van der Waals surface area contributed by atoms with Gasteiger partial charge in [0.05, 0.1) is 30.0 Å². The Labute approximate surface area is 155 Å². The van der Waals surface area contributed by atoms with E-state index < -0.39 is 0 Å². The van der Waals surface area contributed by atoms with Gasteiger partial charge in [0.2, 0.25) is 0 Å². The zero-order chi connectivity index (χ0) is 18.7. The molecule has 1 aliphatic heterocycles. The topological polar surface area (TPSA) is 114 Å². The molecule has 1 saturated carbocycles. The van der Waals surface area contributed by atoms with Crippen LogP contribution in [-0.4, -0.2) is 49.4 Å². The van der Waals surface area contributed by atoms with Crippen LogP contribution in [0.1, 0.15) is 21.9 Å². The van der Waals surface area contributed by atoms with E-state index in [0.717, 1.165) is 35.9 Å². The molecule has 9 nitrogen and oxygen atoms in total. The summed E-state index contributed by atoms with van der Waals surface area (Å²) in [5, 5.41) is 2.78. The Morgan fingerprint density at radius 2 is 1.93 bits per heavy atom. The molecule has 3 N–H and O–H groups in total. The molecule has 3 aromatic heterocycles. The van der Waals surface area contributed by atoms with Crippen molar-refractivity contribution < 1.29 is 4.79 Å². The minimum Gasteiger partial charge on any atom is -0.355 e. The maximum Gasteiger partial charge on any atom is 0.277 e. The predicted octanol–water partition coefficient (Wildman–Crippen LogP) is 0.782. The maximum atomic E-state index is 12.5. The van der Waals surface area contributed by atoms with E-state index in [1.54, 1.807) is 12.4 Å². The molecule has 2 aliphatic rings. The highest BCUT2D eigenvalue weighted by Crippen LogP contribution is 2.44. The molecule has 27 heavy (non-hydrogen) atoms. The fourth-order valence-corrected chi connectivity index (χ4v) is 3.88. The highest BCUT2D eigenvalue weighted by Gasteiger charge is 2.53. The van der Waals surface area contributed by atoms with E-state index in [1.807, 2.05) is 24.4 Å². The van der Waals surface area contributed by atoms with Gasteiger partial charge in [-0.1, -0.05) is 0 Å². The molecule has 1 saturated heterocycles. The molecule has 2 atom stereocenters. The number of carbonyl (C=O) groups is 1. The average Bonchev–Trinajstić information content (AvgIpc) is 3.03. The SMILES string of the molecule is Cc1cn2cc(NC(=O)c3cnc(N4CC5C(N)C5C4)cn3)nc(C)c2n1. The van der Waals surface area contributed by atoms with Crippen molar-refractivity contribution in [1.82, 2.24) is 24.3 Å². The van der Waals surface area contributed by atoms with E-state index in [-0.39, 0.29) is 11.6 Å². The van der Waals surface area contributed by atoms with Gasteiger partial charge in [0, 0.05) is 25.3 Å². The van der Waals surface area contributed by atoms with Crippen molar-refractivity contribution >= 4 is 23.2 Å². The number of hydrogen-bond acceptors (Lipinski definition) is 7. The molecule has 3 aromatic rings. The van der Waals surface area contributed by atoms with Gasteiger partial charge in [0.15, 0.2) is 5.65 Å². The predicted molar refractivity (Wildman–Crippen MR) is 99.6 cm³/mol. The number of amides is 1. The van der Waals surface area contributed by atoms with Crippen LogP contribution in [0.15, 0.2) is 24.8 Å². The molecule has 0 spiro atoms.